The molecule has 0 saturated heterocycles. The van der Waals surface area contributed by atoms with Crippen molar-refractivity contribution in [2.75, 3.05) is 14.1 Å². The third-order valence-corrected chi connectivity index (χ3v) is 4.62. The summed E-state index contributed by atoms with van der Waals surface area (Å²) in [6.45, 7) is 8.79. The topological polar surface area (TPSA) is 41.3 Å². The van der Waals surface area contributed by atoms with E-state index in [9.17, 15) is 0 Å². The van der Waals surface area contributed by atoms with Crippen LogP contribution in [0.2, 0.25) is 0 Å². The van der Waals surface area contributed by atoms with E-state index >= 15 is 0 Å². The SMILES string of the molecule is CCC(C)(C(Cc1cc(C)ccc1C)NN)N(C)C. The van der Waals surface area contributed by atoms with Gasteiger partial charge in [0.05, 0.1) is 0 Å². The molecule has 19 heavy (non-hydrogen) atoms. The molecule has 1 rings (SSSR count). The lowest BCUT2D eigenvalue weighted by Gasteiger charge is -2.42. The Morgan fingerprint density at radius 2 is 1.95 bits per heavy atom. The molecule has 3 heteroatoms. The summed E-state index contributed by atoms with van der Waals surface area (Å²) in [7, 11) is 4.24. The molecule has 2 atom stereocenters. The van der Waals surface area contributed by atoms with Gasteiger partial charge in [-0.15, -0.1) is 0 Å². The second-order valence-corrected chi connectivity index (χ2v) is 5.96. The van der Waals surface area contributed by atoms with E-state index in [-0.39, 0.29) is 11.6 Å². The highest BCUT2D eigenvalue weighted by Crippen LogP contribution is 2.24. The van der Waals surface area contributed by atoms with Crippen LogP contribution in [-0.4, -0.2) is 30.6 Å². The minimum absolute atomic E-state index is 0.0466. The van der Waals surface area contributed by atoms with Crippen molar-refractivity contribution >= 4 is 0 Å². The summed E-state index contributed by atoms with van der Waals surface area (Å²) >= 11 is 0. The van der Waals surface area contributed by atoms with Gasteiger partial charge in [-0.05, 0) is 58.8 Å². The van der Waals surface area contributed by atoms with Crippen molar-refractivity contribution in [1.29, 1.82) is 0 Å². The molecule has 0 saturated carbocycles. The molecular formula is C16H29N3. The van der Waals surface area contributed by atoms with Crippen LogP contribution in [0.5, 0.6) is 0 Å². The van der Waals surface area contributed by atoms with Crippen molar-refractivity contribution in [2.24, 2.45) is 5.84 Å². The van der Waals surface area contributed by atoms with Crippen LogP contribution >= 0.6 is 0 Å². The predicted octanol–water partition coefficient (Wildman–Crippen LogP) is 2.41. The van der Waals surface area contributed by atoms with E-state index in [0.29, 0.717) is 0 Å². The molecule has 1 aromatic rings. The Hall–Kier alpha value is -0.900. The largest absolute Gasteiger partial charge is 0.302 e. The summed E-state index contributed by atoms with van der Waals surface area (Å²) in [6, 6.07) is 6.85. The molecular weight excluding hydrogens is 234 g/mol. The fourth-order valence-corrected chi connectivity index (χ4v) is 2.57. The van der Waals surface area contributed by atoms with Crippen molar-refractivity contribution in [3.05, 3.63) is 34.9 Å². The van der Waals surface area contributed by atoms with Crippen LogP contribution in [0.1, 0.15) is 37.0 Å². The minimum atomic E-state index is 0.0466. The number of rotatable bonds is 6. The van der Waals surface area contributed by atoms with Crippen LogP contribution in [0.4, 0.5) is 0 Å². The zero-order chi connectivity index (χ0) is 14.6. The van der Waals surface area contributed by atoms with Gasteiger partial charge in [0.1, 0.15) is 0 Å². The van der Waals surface area contributed by atoms with Gasteiger partial charge in [-0.3, -0.25) is 11.3 Å². The highest BCUT2D eigenvalue weighted by Gasteiger charge is 2.34. The van der Waals surface area contributed by atoms with Crippen LogP contribution in [0.25, 0.3) is 0 Å². The molecule has 0 amide bonds. The lowest BCUT2D eigenvalue weighted by Crippen LogP contribution is -2.59. The van der Waals surface area contributed by atoms with Crippen molar-refractivity contribution in [1.82, 2.24) is 10.3 Å². The number of hydrazine groups is 1. The molecule has 0 heterocycles. The zero-order valence-electron chi connectivity index (χ0n) is 13.2. The summed E-state index contributed by atoms with van der Waals surface area (Å²) in [6.07, 6.45) is 2.01. The van der Waals surface area contributed by atoms with E-state index in [1.807, 2.05) is 0 Å². The molecule has 0 spiro atoms. The monoisotopic (exact) mass is 263 g/mol. The number of benzene rings is 1. The average Bonchev–Trinajstić information content (AvgIpc) is 2.38. The number of hydrogen-bond donors (Lipinski definition) is 2. The summed E-state index contributed by atoms with van der Waals surface area (Å²) in [5.74, 6) is 5.83. The number of nitrogens with two attached hydrogens (primary N) is 1. The predicted molar refractivity (Wildman–Crippen MR) is 83.1 cm³/mol. The van der Waals surface area contributed by atoms with Crippen LogP contribution in [-0.2, 0) is 6.42 Å². The van der Waals surface area contributed by atoms with Gasteiger partial charge in [-0.2, -0.15) is 0 Å². The number of nitrogens with zero attached hydrogens (tertiary/aromatic N) is 1. The highest BCUT2D eigenvalue weighted by atomic mass is 15.3. The lowest BCUT2D eigenvalue weighted by atomic mass is 9.83. The molecule has 0 aliphatic carbocycles. The number of likely N-dealkylation sites (N-methyl/N-ethyl adjacent to an activating group) is 1. The van der Waals surface area contributed by atoms with Crippen LogP contribution in [0.15, 0.2) is 18.2 Å². The fraction of sp³-hybridized carbons (Fsp3) is 0.625. The van der Waals surface area contributed by atoms with Gasteiger partial charge in [-0.1, -0.05) is 30.7 Å². The van der Waals surface area contributed by atoms with E-state index in [4.69, 9.17) is 5.84 Å². The molecule has 1 aromatic carbocycles. The van der Waals surface area contributed by atoms with Crippen LogP contribution < -0.4 is 11.3 Å². The fourth-order valence-electron chi connectivity index (χ4n) is 2.57. The molecule has 0 radical (unpaired) electrons. The van der Waals surface area contributed by atoms with E-state index in [1.165, 1.54) is 16.7 Å². The standard InChI is InChI=1S/C16H29N3/c1-7-16(4,19(5)6)15(18-17)11-14-10-12(2)8-9-13(14)3/h8-10,15,18H,7,11,17H2,1-6H3. The smallest absolute Gasteiger partial charge is 0.0432 e. The van der Waals surface area contributed by atoms with Gasteiger partial charge in [-0.25, -0.2) is 0 Å². The highest BCUT2D eigenvalue weighted by molar-refractivity contribution is 5.31. The molecule has 0 aromatic heterocycles. The first-order valence-corrected chi connectivity index (χ1v) is 7.04. The Morgan fingerprint density at radius 1 is 1.32 bits per heavy atom. The van der Waals surface area contributed by atoms with Gasteiger partial charge in [0.15, 0.2) is 0 Å². The van der Waals surface area contributed by atoms with Crippen LogP contribution in [0, 0.1) is 13.8 Å². The van der Waals surface area contributed by atoms with E-state index in [2.05, 4.69) is 70.3 Å². The molecule has 0 bridgehead atoms. The van der Waals surface area contributed by atoms with Gasteiger partial charge in [0.25, 0.3) is 0 Å². The number of hydrogen-bond acceptors (Lipinski definition) is 3. The normalized spacial score (nSPS) is 16.4. The molecule has 0 aliphatic rings. The molecule has 3 nitrogen and oxygen atoms in total. The molecule has 108 valence electrons. The summed E-state index contributed by atoms with van der Waals surface area (Å²) in [4.78, 5) is 2.27. The van der Waals surface area contributed by atoms with Crippen molar-refractivity contribution in [3.8, 4) is 0 Å². The van der Waals surface area contributed by atoms with E-state index in [0.717, 1.165) is 12.8 Å². The Bertz CT molecular complexity index is 414. The third-order valence-electron chi connectivity index (χ3n) is 4.62. The Labute approximate surface area is 118 Å². The van der Waals surface area contributed by atoms with Crippen molar-refractivity contribution in [2.45, 2.75) is 52.1 Å². The number of aryl methyl sites for hydroxylation is 2. The first-order chi connectivity index (χ1) is 8.85. The quantitative estimate of drug-likeness (QED) is 0.612. The summed E-state index contributed by atoms with van der Waals surface area (Å²) in [5.41, 5.74) is 7.10. The Balaban J connectivity index is 3.02. The first kappa shape index (κ1) is 16.2. The molecule has 2 unspecified atom stereocenters. The summed E-state index contributed by atoms with van der Waals surface area (Å²) in [5, 5.41) is 0. The lowest BCUT2D eigenvalue weighted by molar-refractivity contribution is 0.112. The van der Waals surface area contributed by atoms with Gasteiger partial charge < -0.3 is 4.90 Å². The van der Waals surface area contributed by atoms with Crippen LogP contribution in [0.3, 0.4) is 0 Å². The Kier molecular flexibility index (Phi) is 5.53. The second kappa shape index (κ2) is 6.51. The zero-order valence-corrected chi connectivity index (χ0v) is 13.2. The molecule has 0 fully saturated rings. The van der Waals surface area contributed by atoms with E-state index < -0.39 is 0 Å². The summed E-state index contributed by atoms with van der Waals surface area (Å²) < 4.78 is 0. The average molecular weight is 263 g/mol. The van der Waals surface area contributed by atoms with Gasteiger partial charge in [0, 0.05) is 11.6 Å². The second-order valence-electron chi connectivity index (χ2n) is 5.96. The first-order valence-electron chi connectivity index (χ1n) is 7.04. The maximum atomic E-state index is 5.83. The molecule has 3 N–H and O–H groups in total. The van der Waals surface area contributed by atoms with Crippen molar-refractivity contribution in [3.63, 3.8) is 0 Å². The van der Waals surface area contributed by atoms with Gasteiger partial charge in [0.2, 0.25) is 0 Å². The number of nitrogens with one attached hydrogen (secondary N) is 1. The minimum Gasteiger partial charge on any atom is -0.302 e. The maximum Gasteiger partial charge on any atom is 0.0432 e. The maximum absolute atomic E-state index is 5.83. The Morgan fingerprint density at radius 3 is 2.42 bits per heavy atom. The van der Waals surface area contributed by atoms with Crippen molar-refractivity contribution < 1.29 is 0 Å². The van der Waals surface area contributed by atoms with E-state index in [1.54, 1.807) is 0 Å². The van der Waals surface area contributed by atoms with Gasteiger partial charge >= 0.3 is 0 Å². The third kappa shape index (κ3) is 3.56. The molecule has 0 aliphatic heterocycles.